The van der Waals surface area contributed by atoms with Crippen LogP contribution in [0.25, 0.3) is 0 Å². The van der Waals surface area contributed by atoms with Gasteiger partial charge in [0, 0.05) is 11.0 Å². The van der Waals surface area contributed by atoms with Crippen molar-refractivity contribution in [2.45, 2.75) is 6.54 Å². The molecular weight excluding hydrogens is 283 g/mol. The van der Waals surface area contributed by atoms with E-state index >= 15 is 0 Å². The second-order valence-electron chi connectivity index (χ2n) is 3.72. The number of hydrogen-bond donors (Lipinski definition) is 2. The fourth-order valence-corrected chi connectivity index (χ4v) is 1.89. The molecule has 88 valence electrons. The number of halogens is 2. The van der Waals surface area contributed by atoms with Gasteiger partial charge in [-0.2, -0.15) is 0 Å². The van der Waals surface area contributed by atoms with Crippen LogP contribution in [0.2, 0.25) is 0 Å². The quantitative estimate of drug-likeness (QED) is 0.846. The van der Waals surface area contributed by atoms with Gasteiger partial charge in [0.15, 0.2) is 0 Å². The number of anilines is 2. The standard InChI is InChI=1S/C13H12BrFN2/c14-10-4-5-12(16)13(7-10)17-8-9-2-1-3-11(15)6-9/h1-7,17H,8,16H2. The van der Waals surface area contributed by atoms with E-state index in [1.165, 1.54) is 12.1 Å². The molecule has 0 heterocycles. The first-order valence-corrected chi connectivity index (χ1v) is 5.98. The Kier molecular flexibility index (Phi) is 3.64. The molecule has 0 bridgehead atoms. The van der Waals surface area contributed by atoms with Crippen molar-refractivity contribution in [2.24, 2.45) is 0 Å². The summed E-state index contributed by atoms with van der Waals surface area (Å²) in [6.07, 6.45) is 0. The van der Waals surface area contributed by atoms with Crippen LogP contribution in [0.5, 0.6) is 0 Å². The maximum atomic E-state index is 13.0. The van der Waals surface area contributed by atoms with Crippen molar-refractivity contribution in [3.8, 4) is 0 Å². The lowest BCUT2D eigenvalue weighted by Gasteiger charge is -2.09. The van der Waals surface area contributed by atoms with Crippen LogP contribution < -0.4 is 11.1 Å². The lowest BCUT2D eigenvalue weighted by atomic mass is 10.2. The second kappa shape index (κ2) is 5.19. The van der Waals surface area contributed by atoms with Crippen molar-refractivity contribution < 1.29 is 4.39 Å². The smallest absolute Gasteiger partial charge is 0.123 e. The predicted octanol–water partition coefficient (Wildman–Crippen LogP) is 3.78. The van der Waals surface area contributed by atoms with Crippen LogP contribution >= 0.6 is 15.9 Å². The minimum Gasteiger partial charge on any atom is -0.397 e. The maximum Gasteiger partial charge on any atom is 0.123 e. The zero-order valence-corrected chi connectivity index (χ0v) is 10.7. The van der Waals surface area contributed by atoms with E-state index in [1.807, 2.05) is 24.3 Å². The molecule has 2 nitrogen and oxygen atoms in total. The first kappa shape index (κ1) is 11.9. The third kappa shape index (κ3) is 3.20. The monoisotopic (exact) mass is 294 g/mol. The molecule has 0 amide bonds. The summed E-state index contributed by atoms with van der Waals surface area (Å²) in [4.78, 5) is 0. The fourth-order valence-electron chi connectivity index (χ4n) is 1.53. The molecule has 4 heteroatoms. The van der Waals surface area contributed by atoms with Crippen molar-refractivity contribution in [1.29, 1.82) is 0 Å². The zero-order chi connectivity index (χ0) is 12.3. The largest absolute Gasteiger partial charge is 0.397 e. The summed E-state index contributed by atoms with van der Waals surface area (Å²) in [5.74, 6) is -0.230. The predicted molar refractivity (Wildman–Crippen MR) is 72.3 cm³/mol. The molecule has 0 atom stereocenters. The number of rotatable bonds is 3. The Bertz CT molecular complexity index is 529. The Hall–Kier alpha value is -1.55. The molecule has 0 unspecified atom stereocenters. The molecule has 3 N–H and O–H groups in total. The number of benzene rings is 2. The van der Waals surface area contributed by atoms with E-state index in [4.69, 9.17) is 5.73 Å². The van der Waals surface area contributed by atoms with Crippen LogP contribution in [0.15, 0.2) is 46.9 Å². The van der Waals surface area contributed by atoms with E-state index in [1.54, 1.807) is 6.07 Å². The maximum absolute atomic E-state index is 13.0. The highest BCUT2D eigenvalue weighted by Gasteiger charge is 2.00. The SMILES string of the molecule is Nc1ccc(Br)cc1NCc1cccc(F)c1. The van der Waals surface area contributed by atoms with Gasteiger partial charge in [-0.25, -0.2) is 4.39 Å². The first-order valence-electron chi connectivity index (χ1n) is 5.18. The zero-order valence-electron chi connectivity index (χ0n) is 9.08. The van der Waals surface area contributed by atoms with E-state index in [2.05, 4.69) is 21.2 Å². The van der Waals surface area contributed by atoms with E-state index in [9.17, 15) is 4.39 Å². The Morgan fingerprint density at radius 3 is 2.76 bits per heavy atom. The van der Waals surface area contributed by atoms with Gasteiger partial charge in [-0.15, -0.1) is 0 Å². The Labute approximate surface area is 108 Å². The summed E-state index contributed by atoms with van der Waals surface area (Å²) in [5.41, 5.74) is 8.21. The average molecular weight is 295 g/mol. The third-order valence-corrected chi connectivity index (χ3v) is 2.88. The van der Waals surface area contributed by atoms with Crippen molar-refractivity contribution in [2.75, 3.05) is 11.1 Å². The Morgan fingerprint density at radius 1 is 1.18 bits per heavy atom. The van der Waals surface area contributed by atoms with Crippen molar-refractivity contribution in [3.63, 3.8) is 0 Å². The van der Waals surface area contributed by atoms with Gasteiger partial charge in [0.2, 0.25) is 0 Å². The molecule has 0 fully saturated rings. The van der Waals surface area contributed by atoms with E-state index in [-0.39, 0.29) is 5.82 Å². The first-order chi connectivity index (χ1) is 8.15. The van der Waals surface area contributed by atoms with Gasteiger partial charge in [0.1, 0.15) is 5.82 Å². The topological polar surface area (TPSA) is 38.0 Å². The minimum absolute atomic E-state index is 0.230. The molecule has 2 aromatic rings. The molecule has 2 rings (SSSR count). The number of hydrogen-bond acceptors (Lipinski definition) is 2. The summed E-state index contributed by atoms with van der Waals surface area (Å²) < 4.78 is 13.9. The third-order valence-electron chi connectivity index (χ3n) is 2.39. The lowest BCUT2D eigenvalue weighted by molar-refractivity contribution is 0.626. The van der Waals surface area contributed by atoms with Gasteiger partial charge in [-0.3, -0.25) is 0 Å². The van der Waals surface area contributed by atoms with Crippen LogP contribution in [0, 0.1) is 5.82 Å². The average Bonchev–Trinajstić information content (AvgIpc) is 2.30. The second-order valence-corrected chi connectivity index (χ2v) is 4.63. The lowest BCUT2D eigenvalue weighted by Crippen LogP contribution is -2.02. The summed E-state index contributed by atoms with van der Waals surface area (Å²) >= 11 is 3.38. The molecule has 0 aliphatic heterocycles. The van der Waals surface area contributed by atoms with E-state index < -0.39 is 0 Å². The van der Waals surface area contributed by atoms with Gasteiger partial charge < -0.3 is 11.1 Å². The molecule has 0 saturated carbocycles. The molecular formula is C13H12BrFN2. The van der Waals surface area contributed by atoms with Gasteiger partial charge in [-0.05, 0) is 35.9 Å². The van der Waals surface area contributed by atoms with Gasteiger partial charge >= 0.3 is 0 Å². The highest BCUT2D eigenvalue weighted by atomic mass is 79.9. The van der Waals surface area contributed by atoms with Gasteiger partial charge in [0.05, 0.1) is 11.4 Å². The number of nitrogens with two attached hydrogens (primary N) is 1. The molecule has 2 aromatic carbocycles. The Balaban J connectivity index is 2.09. The van der Waals surface area contributed by atoms with Crippen LogP contribution in [-0.4, -0.2) is 0 Å². The van der Waals surface area contributed by atoms with E-state index in [0.717, 1.165) is 15.7 Å². The summed E-state index contributed by atoms with van der Waals surface area (Å²) in [6.45, 7) is 0.540. The van der Waals surface area contributed by atoms with Crippen LogP contribution in [0.4, 0.5) is 15.8 Å². The van der Waals surface area contributed by atoms with Gasteiger partial charge in [-0.1, -0.05) is 28.1 Å². The summed E-state index contributed by atoms with van der Waals surface area (Å²) in [6, 6.07) is 12.1. The van der Waals surface area contributed by atoms with Crippen LogP contribution in [0.1, 0.15) is 5.56 Å². The molecule has 0 saturated heterocycles. The summed E-state index contributed by atoms with van der Waals surface area (Å²) in [7, 11) is 0. The molecule has 0 aliphatic carbocycles. The number of nitrogens with one attached hydrogen (secondary N) is 1. The highest BCUT2D eigenvalue weighted by molar-refractivity contribution is 9.10. The minimum atomic E-state index is -0.230. The fraction of sp³-hybridized carbons (Fsp3) is 0.0769. The molecule has 0 aliphatic rings. The molecule has 0 aromatic heterocycles. The van der Waals surface area contributed by atoms with Crippen molar-refractivity contribution in [1.82, 2.24) is 0 Å². The van der Waals surface area contributed by atoms with Crippen molar-refractivity contribution in [3.05, 3.63) is 58.3 Å². The Morgan fingerprint density at radius 2 is 2.00 bits per heavy atom. The number of nitrogen functional groups attached to an aromatic ring is 1. The highest BCUT2D eigenvalue weighted by Crippen LogP contribution is 2.23. The van der Waals surface area contributed by atoms with Crippen LogP contribution in [0.3, 0.4) is 0 Å². The molecule has 0 spiro atoms. The molecule has 0 radical (unpaired) electrons. The normalized spacial score (nSPS) is 10.2. The van der Waals surface area contributed by atoms with E-state index in [0.29, 0.717) is 12.2 Å². The molecule has 17 heavy (non-hydrogen) atoms. The van der Waals surface area contributed by atoms with Gasteiger partial charge in [0.25, 0.3) is 0 Å². The van der Waals surface area contributed by atoms with Crippen molar-refractivity contribution >= 4 is 27.3 Å². The summed E-state index contributed by atoms with van der Waals surface area (Å²) in [5, 5.41) is 3.18. The van der Waals surface area contributed by atoms with Crippen LogP contribution in [-0.2, 0) is 6.54 Å².